The fraction of sp³-hybridized carbons (Fsp3) is 0.588. The Hall–Kier alpha value is -1.25. The lowest BCUT2D eigenvalue weighted by Gasteiger charge is -2.32. The molecule has 2 aliphatic heterocycles. The van der Waals surface area contributed by atoms with E-state index in [9.17, 15) is 4.79 Å². The number of hydrogen-bond donors (Lipinski definition) is 3. The summed E-state index contributed by atoms with van der Waals surface area (Å²) in [6.45, 7) is 5.74. The van der Waals surface area contributed by atoms with Gasteiger partial charge in [-0.15, -0.1) is 0 Å². The number of hydrogen-bond acceptors (Lipinski definition) is 4. The molecule has 148 valence electrons. The van der Waals surface area contributed by atoms with Crippen LogP contribution in [0.4, 0.5) is 5.69 Å². The highest BCUT2D eigenvalue weighted by atomic mass is 35.5. The quantitative estimate of drug-likeness (QED) is 0.443. The summed E-state index contributed by atoms with van der Waals surface area (Å²) in [5.74, 6) is 0.231. The third kappa shape index (κ3) is 5.14. The Bertz CT molecular complexity index is 618. The number of carbonyl (C=O) groups excluding carboxylic acids is 1. The SMILES string of the molecule is CCOc1cc(N)c(Cl)cc1C(=O)NC[C@@H]1C[NH+]2CCC[C@@H]2CO1.O.[Cl-]. The zero-order chi connectivity index (χ0) is 17.1. The highest BCUT2D eigenvalue weighted by Crippen LogP contribution is 2.29. The van der Waals surface area contributed by atoms with Crippen molar-refractivity contribution in [3.05, 3.63) is 22.7 Å². The summed E-state index contributed by atoms with van der Waals surface area (Å²) in [7, 11) is 0. The predicted molar refractivity (Wildman–Crippen MR) is 96.4 cm³/mol. The molecule has 26 heavy (non-hydrogen) atoms. The van der Waals surface area contributed by atoms with E-state index in [1.807, 2.05) is 6.92 Å². The first kappa shape index (κ1) is 22.8. The van der Waals surface area contributed by atoms with Crippen molar-refractivity contribution < 1.29 is 37.1 Å². The molecule has 1 unspecified atom stereocenters. The van der Waals surface area contributed by atoms with Crippen molar-refractivity contribution in [2.45, 2.75) is 31.9 Å². The van der Waals surface area contributed by atoms with Crippen LogP contribution >= 0.6 is 11.6 Å². The predicted octanol–water partition coefficient (Wildman–Crippen LogP) is -3.32. The van der Waals surface area contributed by atoms with E-state index in [1.165, 1.54) is 19.4 Å². The minimum atomic E-state index is -0.220. The van der Waals surface area contributed by atoms with Crippen LogP contribution in [0.15, 0.2) is 12.1 Å². The van der Waals surface area contributed by atoms with Gasteiger partial charge in [0, 0.05) is 25.5 Å². The first-order valence-corrected chi connectivity index (χ1v) is 8.92. The van der Waals surface area contributed by atoms with Gasteiger partial charge in [0.2, 0.25) is 0 Å². The van der Waals surface area contributed by atoms with Gasteiger partial charge in [0.05, 0.1) is 36.0 Å². The number of halogens is 2. The van der Waals surface area contributed by atoms with E-state index >= 15 is 0 Å². The monoisotopic (exact) mass is 407 g/mol. The molecule has 0 saturated carbocycles. The Morgan fingerprint density at radius 1 is 1.50 bits per heavy atom. The summed E-state index contributed by atoms with van der Waals surface area (Å²) in [6, 6.07) is 3.79. The molecule has 2 saturated heterocycles. The minimum absolute atomic E-state index is 0. The number of anilines is 1. The molecule has 1 amide bonds. The molecule has 6 N–H and O–H groups in total. The maximum Gasteiger partial charge on any atom is 0.255 e. The van der Waals surface area contributed by atoms with E-state index in [0.717, 1.165) is 13.2 Å². The average Bonchev–Trinajstić information content (AvgIpc) is 3.03. The van der Waals surface area contributed by atoms with Crippen molar-refractivity contribution in [3.8, 4) is 5.75 Å². The van der Waals surface area contributed by atoms with Crippen molar-refractivity contribution in [3.63, 3.8) is 0 Å². The highest BCUT2D eigenvalue weighted by molar-refractivity contribution is 6.33. The van der Waals surface area contributed by atoms with Crippen LogP contribution in [0.2, 0.25) is 5.02 Å². The Kier molecular flexibility index (Phi) is 8.92. The summed E-state index contributed by atoms with van der Waals surface area (Å²) in [4.78, 5) is 14.1. The molecule has 3 rings (SSSR count). The maximum absolute atomic E-state index is 12.5. The minimum Gasteiger partial charge on any atom is -1.00 e. The third-order valence-corrected chi connectivity index (χ3v) is 5.11. The first-order chi connectivity index (χ1) is 11.6. The summed E-state index contributed by atoms with van der Waals surface area (Å²) >= 11 is 6.05. The number of ether oxygens (including phenoxy) is 2. The lowest BCUT2D eigenvalue weighted by molar-refractivity contribution is -0.924. The van der Waals surface area contributed by atoms with Gasteiger partial charge in [-0.1, -0.05) is 11.6 Å². The van der Waals surface area contributed by atoms with Crippen molar-refractivity contribution in [1.29, 1.82) is 0 Å². The van der Waals surface area contributed by atoms with Crippen LogP contribution in [-0.2, 0) is 4.74 Å². The standard InChI is InChI=1S/C17H24ClN3O3.ClH.H2O/c1-2-23-16-7-15(19)14(18)6-13(16)17(22)20-8-12-9-21-5-3-4-11(21)10-24-12;;/h6-7,11-12H,2-5,8-10,19H2,1H3,(H,20,22);1H;1H2/t11-,12-;;/m1../s1. The van der Waals surface area contributed by atoms with Crippen molar-refractivity contribution in [2.75, 3.05) is 38.6 Å². The van der Waals surface area contributed by atoms with Gasteiger partial charge >= 0.3 is 0 Å². The molecule has 7 nitrogen and oxygen atoms in total. The molecule has 2 aliphatic rings. The summed E-state index contributed by atoms with van der Waals surface area (Å²) in [5, 5.41) is 3.29. The zero-order valence-electron chi connectivity index (χ0n) is 14.8. The third-order valence-electron chi connectivity index (χ3n) is 4.78. The number of rotatable bonds is 5. The van der Waals surface area contributed by atoms with Gasteiger partial charge in [-0.2, -0.15) is 0 Å². The summed E-state index contributed by atoms with van der Waals surface area (Å²) < 4.78 is 11.4. The van der Waals surface area contributed by atoms with Gasteiger partial charge in [0.25, 0.3) is 5.91 Å². The normalized spacial score (nSPS) is 24.0. The van der Waals surface area contributed by atoms with Crippen LogP contribution in [0.1, 0.15) is 30.1 Å². The van der Waals surface area contributed by atoms with Gasteiger partial charge < -0.3 is 43.3 Å². The number of nitrogen functional groups attached to an aromatic ring is 1. The van der Waals surface area contributed by atoms with Crippen LogP contribution < -0.4 is 33.1 Å². The molecule has 0 aliphatic carbocycles. The topological polar surface area (TPSA) is 110 Å². The molecule has 0 radical (unpaired) electrons. The Morgan fingerprint density at radius 3 is 3.00 bits per heavy atom. The van der Waals surface area contributed by atoms with Gasteiger partial charge in [-0.05, 0) is 13.0 Å². The fourth-order valence-corrected chi connectivity index (χ4v) is 3.68. The molecule has 3 atom stereocenters. The van der Waals surface area contributed by atoms with Crippen molar-refractivity contribution >= 4 is 23.2 Å². The van der Waals surface area contributed by atoms with Gasteiger partial charge in [0.1, 0.15) is 24.4 Å². The largest absolute Gasteiger partial charge is 1.00 e. The van der Waals surface area contributed by atoms with E-state index in [2.05, 4.69) is 5.32 Å². The van der Waals surface area contributed by atoms with Gasteiger partial charge in [-0.25, -0.2) is 0 Å². The van der Waals surface area contributed by atoms with E-state index in [-0.39, 0.29) is 29.9 Å². The summed E-state index contributed by atoms with van der Waals surface area (Å²) in [5.41, 5.74) is 6.59. The van der Waals surface area contributed by atoms with Crippen LogP contribution in [-0.4, -0.2) is 56.4 Å². The Morgan fingerprint density at radius 2 is 2.27 bits per heavy atom. The number of benzene rings is 1. The number of fused-ring (bicyclic) bond motifs is 1. The molecule has 2 fully saturated rings. The van der Waals surface area contributed by atoms with E-state index in [1.54, 1.807) is 17.0 Å². The Labute approximate surface area is 164 Å². The number of nitrogens with one attached hydrogen (secondary N) is 2. The molecular formula is C17H27Cl2N3O4. The van der Waals surface area contributed by atoms with Crippen molar-refractivity contribution in [1.82, 2.24) is 5.32 Å². The first-order valence-electron chi connectivity index (χ1n) is 8.54. The van der Waals surface area contributed by atoms with E-state index < -0.39 is 0 Å². The molecule has 0 bridgehead atoms. The molecular weight excluding hydrogens is 381 g/mol. The number of carbonyl (C=O) groups is 1. The fourth-order valence-electron chi connectivity index (χ4n) is 3.51. The van der Waals surface area contributed by atoms with Crippen molar-refractivity contribution in [2.24, 2.45) is 0 Å². The van der Waals surface area contributed by atoms with E-state index in [4.69, 9.17) is 26.8 Å². The number of quaternary nitrogens is 1. The molecule has 2 heterocycles. The molecule has 0 spiro atoms. The number of amides is 1. The second kappa shape index (κ2) is 10.2. The van der Waals surface area contributed by atoms with E-state index in [0.29, 0.717) is 41.2 Å². The van der Waals surface area contributed by atoms with Crippen LogP contribution in [0.25, 0.3) is 0 Å². The second-order valence-corrected chi connectivity index (χ2v) is 6.83. The maximum atomic E-state index is 12.5. The smallest absolute Gasteiger partial charge is 0.255 e. The molecule has 1 aromatic rings. The van der Waals surface area contributed by atoms with Crippen LogP contribution in [0.5, 0.6) is 5.75 Å². The number of morpholine rings is 1. The Balaban J connectivity index is 0.00000169. The summed E-state index contributed by atoms with van der Waals surface area (Å²) in [6.07, 6.45) is 2.57. The molecule has 0 aromatic heterocycles. The lowest BCUT2D eigenvalue weighted by Crippen LogP contribution is -3.16. The van der Waals surface area contributed by atoms with Gasteiger partial charge in [-0.3, -0.25) is 4.79 Å². The highest BCUT2D eigenvalue weighted by Gasteiger charge is 2.36. The van der Waals surface area contributed by atoms with Crippen LogP contribution in [0.3, 0.4) is 0 Å². The second-order valence-electron chi connectivity index (χ2n) is 6.42. The average molecular weight is 408 g/mol. The van der Waals surface area contributed by atoms with Crippen LogP contribution in [0, 0.1) is 0 Å². The zero-order valence-corrected chi connectivity index (χ0v) is 16.3. The van der Waals surface area contributed by atoms with Gasteiger partial charge in [0.15, 0.2) is 0 Å². The molecule has 1 aromatic carbocycles. The molecule has 9 heteroatoms. The number of nitrogens with two attached hydrogens (primary N) is 1. The lowest BCUT2D eigenvalue weighted by atomic mass is 10.1.